The average molecular weight is 261 g/mol. The predicted molar refractivity (Wildman–Crippen MR) is 71.2 cm³/mol. The van der Waals surface area contributed by atoms with Gasteiger partial charge in [-0.05, 0) is 18.6 Å². The number of amides is 1. The van der Waals surface area contributed by atoms with Crippen LogP contribution in [0.2, 0.25) is 0 Å². The molecule has 0 radical (unpaired) electrons. The first-order valence-corrected chi connectivity index (χ1v) is 6.48. The summed E-state index contributed by atoms with van der Waals surface area (Å²) < 4.78 is 3.63. The Bertz CT molecular complexity index is 477. The van der Waals surface area contributed by atoms with Gasteiger partial charge in [0.1, 0.15) is 0 Å². The van der Waals surface area contributed by atoms with E-state index < -0.39 is 0 Å². The van der Waals surface area contributed by atoms with Gasteiger partial charge in [-0.3, -0.25) is 14.2 Å². The van der Waals surface area contributed by atoms with Gasteiger partial charge < -0.3 is 5.32 Å². The van der Waals surface area contributed by atoms with Crippen molar-refractivity contribution in [2.75, 3.05) is 6.54 Å². The summed E-state index contributed by atoms with van der Waals surface area (Å²) in [5.74, 6) is -0.0134. The molecule has 0 aliphatic rings. The maximum atomic E-state index is 11.9. The molecular formula is C13H19N5O. The van der Waals surface area contributed by atoms with Crippen molar-refractivity contribution in [1.82, 2.24) is 24.9 Å². The van der Waals surface area contributed by atoms with Crippen LogP contribution in [0.5, 0.6) is 0 Å². The van der Waals surface area contributed by atoms with Crippen molar-refractivity contribution in [3.8, 4) is 0 Å². The van der Waals surface area contributed by atoms with Gasteiger partial charge in [0.15, 0.2) is 0 Å². The number of nitrogens with one attached hydrogen (secondary N) is 1. The number of hydrogen-bond donors (Lipinski definition) is 1. The lowest BCUT2D eigenvalue weighted by Crippen LogP contribution is -2.32. The highest BCUT2D eigenvalue weighted by Gasteiger charge is 2.12. The Morgan fingerprint density at radius 2 is 1.89 bits per heavy atom. The summed E-state index contributed by atoms with van der Waals surface area (Å²) in [4.78, 5) is 11.9. The molecule has 2 aromatic rings. The van der Waals surface area contributed by atoms with Crippen LogP contribution < -0.4 is 5.32 Å². The Kier molecular flexibility index (Phi) is 4.72. The highest BCUT2D eigenvalue weighted by molar-refractivity contribution is 5.78. The molecule has 0 aliphatic carbocycles. The highest BCUT2D eigenvalue weighted by Crippen LogP contribution is 1.99. The van der Waals surface area contributed by atoms with Gasteiger partial charge >= 0.3 is 0 Å². The van der Waals surface area contributed by atoms with Crippen molar-refractivity contribution in [3.05, 3.63) is 36.9 Å². The third-order valence-corrected chi connectivity index (χ3v) is 2.89. The van der Waals surface area contributed by atoms with Crippen molar-refractivity contribution >= 4 is 5.91 Å². The van der Waals surface area contributed by atoms with E-state index in [9.17, 15) is 4.79 Å². The zero-order valence-corrected chi connectivity index (χ0v) is 11.1. The quantitative estimate of drug-likeness (QED) is 0.754. The molecule has 0 fully saturated rings. The molecule has 6 heteroatoms. The fraction of sp³-hybridized carbons (Fsp3) is 0.462. The molecule has 0 aromatic carbocycles. The maximum Gasteiger partial charge on any atom is 0.224 e. The van der Waals surface area contributed by atoms with Gasteiger partial charge in [-0.15, -0.1) is 0 Å². The standard InChI is InChI=1S/C13H19N5O/c1-12(11-18-10-4-7-16-18)13(19)14-5-2-8-17-9-3-6-15-17/h3-4,6-7,9-10,12H,2,5,8,11H2,1H3,(H,14,19). The molecular weight excluding hydrogens is 242 g/mol. The highest BCUT2D eigenvalue weighted by atomic mass is 16.1. The van der Waals surface area contributed by atoms with E-state index in [-0.39, 0.29) is 11.8 Å². The minimum Gasteiger partial charge on any atom is -0.356 e. The number of hydrogen-bond acceptors (Lipinski definition) is 3. The Labute approximate surface area is 112 Å². The summed E-state index contributed by atoms with van der Waals surface area (Å²) in [6.45, 7) is 4.01. The van der Waals surface area contributed by atoms with Gasteiger partial charge in [0.2, 0.25) is 5.91 Å². The van der Waals surface area contributed by atoms with Gasteiger partial charge in [0.25, 0.3) is 0 Å². The van der Waals surface area contributed by atoms with Gasteiger partial charge in [-0.25, -0.2) is 0 Å². The molecule has 2 heterocycles. The lowest BCUT2D eigenvalue weighted by Gasteiger charge is -2.12. The predicted octanol–water partition coefficient (Wildman–Crippen LogP) is 0.922. The summed E-state index contributed by atoms with van der Waals surface area (Å²) in [7, 11) is 0. The summed E-state index contributed by atoms with van der Waals surface area (Å²) in [5.41, 5.74) is 0. The fourth-order valence-corrected chi connectivity index (χ4v) is 1.83. The maximum absolute atomic E-state index is 11.9. The monoisotopic (exact) mass is 261 g/mol. The Hall–Kier alpha value is -2.11. The third-order valence-electron chi connectivity index (χ3n) is 2.89. The molecule has 1 unspecified atom stereocenters. The topological polar surface area (TPSA) is 64.7 Å². The van der Waals surface area contributed by atoms with Crippen LogP contribution in [-0.2, 0) is 17.9 Å². The van der Waals surface area contributed by atoms with Crippen molar-refractivity contribution in [2.24, 2.45) is 5.92 Å². The summed E-state index contributed by atoms with van der Waals surface area (Å²) in [5, 5.41) is 11.1. The van der Waals surface area contributed by atoms with Crippen LogP contribution in [0, 0.1) is 5.92 Å². The van der Waals surface area contributed by atoms with Crippen LogP contribution in [-0.4, -0.2) is 32.0 Å². The SMILES string of the molecule is CC(Cn1cccn1)C(=O)NCCCn1cccn1. The lowest BCUT2D eigenvalue weighted by atomic mass is 10.1. The summed E-state index contributed by atoms with van der Waals surface area (Å²) >= 11 is 0. The fourth-order valence-electron chi connectivity index (χ4n) is 1.83. The molecule has 2 aromatic heterocycles. The molecule has 1 N–H and O–H groups in total. The minimum atomic E-state index is -0.0791. The molecule has 0 spiro atoms. The van der Waals surface area contributed by atoms with Crippen molar-refractivity contribution in [2.45, 2.75) is 26.4 Å². The number of carbonyl (C=O) groups is 1. The van der Waals surface area contributed by atoms with Gasteiger partial charge in [-0.2, -0.15) is 10.2 Å². The first kappa shape index (κ1) is 13.3. The number of rotatable bonds is 7. The van der Waals surface area contributed by atoms with Crippen LogP contribution in [0.25, 0.3) is 0 Å². The van der Waals surface area contributed by atoms with E-state index >= 15 is 0 Å². The van der Waals surface area contributed by atoms with E-state index in [1.54, 1.807) is 17.1 Å². The van der Waals surface area contributed by atoms with E-state index in [0.29, 0.717) is 13.1 Å². The molecule has 6 nitrogen and oxygen atoms in total. The van der Waals surface area contributed by atoms with Crippen molar-refractivity contribution in [1.29, 1.82) is 0 Å². The van der Waals surface area contributed by atoms with E-state index in [0.717, 1.165) is 13.0 Å². The number of nitrogens with zero attached hydrogens (tertiary/aromatic N) is 4. The van der Waals surface area contributed by atoms with Crippen LogP contribution >= 0.6 is 0 Å². The third kappa shape index (κ3) is 4.24. The summed E-state index contributed by atoms with van der Waals surface area (Å²) in [6, 6.07) is 3.75. The van der Waals surface area contributed by atoms with Gasteiger partial charge in [-0.1, -0.05) is 6.92 Å². The van der Waals surface area contributed by atoms with Crippen LogP contribution in [0.1, 0.15) is 13.3 Å². The molecule has 1 amide bonds. The zero-order valence-electron chi connectivity index (χ0n) is 11.1. The molecule has 2 rings (SSSR count). The van der Waals surface area contributed by atoms with Crippen molar-refractivity contribution < 1.29 is 4.79 Å². The smallest absolute Gasteiger partial charge is 0.224 e. The van der Waals surface area contributed by atoms with Crippen LogP contribution in [0.3, 0.4) is 0 Å². The normalized spacial score (nSPS) is 12.3. The van der Waals surface area contributed by atoms with Crippen LogP contribution in [0.15, 0.2) is 36.9 Å². The van der Waals surface area contributed by atoms with E-state index in [1.807, 2.05) is 36.1 Å². The molecule has 0 bridgehead atoms. The second-order valence-electron chi connectivity index (χ2n) is 4.54. The largest absolute Gasteiger partial charge is 0.356 e. The molecule has 0 saturated heterocycles. The lowest BCUT2D eigenvalue weighted by molar-refractivity contribution is -0.124. The first-order chi connectivity index (χ1) is 9.25. The zero-order chi connectivity index (χ0) is 13.5. The minimum absolute atomic E-state index is 0.0657. The number of aryl methyl sites for hydroxylation is 1. The molecule has 0 saturated carbocycles. The Morgan fingerprint density at radius 1 is 1.21 bits per heavy atom. The number of carbonyl (C=O) groups excluding carboxylic acids is 1. The molecule has 102 valence electrons. The molecule has 0 aliphatic heterocycles. The molecule has 19 heavy (non-hydrogen) atoms. The van der Waals surface area contributed by atoms with Gasteiger partial charge in [0.05, 0.1) is 12.5 Å². The summed E-state index contributed by atoms with van der Waals surface area (Å²) in [6.07, 6.45) is 8.13. The van der Waals surface area contributed by atoms with E-state index in [2.05, 4.69) is 15.5 Å². The average Bonchev–Trinajstić information content (AvgIpc) is 3.07. The van der Waals surface area contributed by atoms with Crippen molar-refractivity contribution in [3.63, 3.8) is 0 Å². The van der Waals surface area contributed by atoms with E-state index in [1.165, 1.54) is 0 Å². The number of aromatic nitrogens is 4. The second-order valence-corrected chi connectivity index (χ2v) is 4.54. The first-order valence-electron chi connectivity index (χ1n) is 6.48. The second kappa shape index (κ2) is 6.72. The Balaban J connectivity index is 1.63. The van der Waals surface area contributed by atoms with E-state index in [4.69, 9.17) is 0 Å². The molecule has 1 atom stereocenters. The van der Waals surface area contributed by atoms with Crippen LogP contribution in [0.4, 0.5) is 0 Å². The Morgan fingerprint density at radius 3 is 2.53 bits per heavy atom. The van der Waals surface area contributed by atoms with Gasteiger partial charge in [0, 0.05) is 37.9 Å².